The molecule has 0 bridgehead atoms. The number of fused-ring (bicyclic) bond motifs is 1. The number of hydrogen-bond donors (Lipinski definition) is 2. The average Bonchev–Trinajstić information content (AvgIpc) is 2.92. The molecule has 2 N–H and O–H groups in total. The lowest BCUT2D eigenvalue weighted by Crippen LogP contribution is -2.40. The zero-order valence-corrected chi connectivity index (χ0v) is 13.1. The van der Waals surface area contributed by atoms with E-state index in [1.807, 2.05) is 0 Å². The molecule has 3 rings (SSSR count). The number of aliphatic hydroxyl groups is 1. The summed E-state index contributed by atoms with van der Waals surface area (Å²) in [7, 11) is 0. The van der Waals surface area contributed by atoms with Crippen LogP contribution in [0, 0.1) is 5.92 Å². The molecule has 0 radical (unpaired) electrons. The predicted molar refractivity (Wildman–Crippen MR) is 87.5 cm³/mol. The van der Waals surface area contributed by atoms with Gasteiger partial charge >= 0.3 is 0 Å². The molecule has 3 nitrogen and oxygen atoms in total. The number of aliphatic hydroxyl groups excluding tert-OH is 1. The standard InChI is InChI=1S/C18H28N2O/c1-14-12-20(13-17(21)10-15-6-2-3-7-15)18-9-5-4-8-16(18)11-19-14/h4-5,8-9,14-15,17,19,21H,2-3,6-7,10-13H2,1H3. The minimum atomic E-state index is -0.202. The number of benzene rings is 1. The lowest BCUT2D eigenvalue weighted by molar-refractivity contribution is 0.147. The lowest BCUT2D eigenvalue weighted by atomic mass is 9.99. The zero-order valence-electron chi connectivity index (χ0n) is 13.1. The molecule has 0 spiro atoms. The van der Waals surface area contributed by atoms with E-state index >= 15 is 0 Å². The average molecular weight is 288 g/mol. The van der Waals surface area contributed by atoms with Gasteiger partial charge in [0, 0.05) is 31.4 Å². The minimum Gasteiger partial charge on any atom is -0.391 e. The third kappa shape index (κ3) is 3.78. The number of para-hydroxylation sites is 1. The van der Waals surface area contributed by atoms with Gasteiger partial charge in [0.2, 0.25) is 0 Å². The molecule has 116 valence electrons. The molecule has 0 saturated heterocycles. The molecule has 2 aliphatic rings. The van der Waals surface area contributed by atoms with Crippen molar-refractivity contribution in [2.24, 2.45) is 5.92 Å². The summed E-state index contributed by atoms with van der Waals surface area (Å²) in [5, 5.41) is 14.1. The largest absolute Gasteiger partial charge is 0.391 e. The van der Waals surface area contributed by atoms with E-state index in [9.17, 15) is 5.11 Å². The van der Waals surface area contributed by atoms with Crippen LogP contribution in [0.1, 0.15) is 44.6 Å². The Hall–Kier alpha value is -1.06. The number of hydrogen-bond acceptors (Lipinski definition) is 3. The van der Waals surface area contributed by atoms with E-state index in [4.69, 9.17) is 0 Å². The molecule has 1 fully saturated rings. The molecular weight excluding hydrogens is 260 g/mol. The van der Waals surface area contributed by atoms with Crippen molar-refractivity contribution in [2.45, 2.75) is 57.7 Å². The van der Waals surface area contributed by atoms with Gasteiger partial charge in [-0.2, -0.15) is 0 Å². The van der Waals surface area contributed by atoms with Crippen LogP contribution >= 0.6 is 0 Å². The molecule has 1 saturated carbocycles. The first-order valence-electron chi connectivity index (χ1n) is 8.46. The van der Waals surface area contributed by atoms with Crippen LogP contribution in [0.3, 0.4) is 0 Å². The van der Waals surface area contributed by atoms with Crippen molar-refractivity contribution in [2.75, 3.05) is 18.0 Å². The highest BCUT2D eigenvalue weighted by atomic mass is 16.3. The van der Waals surface area contributed by atoms with Crippen molar-refractivity contribution in [3.63, 3.8) is 0 Å². The van der Waals surface area contributed by atoms with Crippen molar-refractivity contribution in [1.29, 1.82) is 0 Å². The van der Waals surface area contributed by atoms with Crippen LogP contribution in [0.2, 0.25) is 0 Å². The molecule has 1 aliphatic carbocycles. The molecule has 2 unspecified atom stereocenters. The van der Waals surface area contributed by atoms with E-state index in [0.29, 0.717) is 6.04 Å². The monoisotopic (exact) mass is 288 g/mol. The van der Waals surface area contributed by atoms with Gasteiger partial charge in [0.05, 0.1) is 6.10 Å². The van der Waals surface area contributed by atoms with Crippen LogP contribution in [-0.2, 0) is 6.54 Å². The first kappa shape index (κ1) is 14.9. The van der Waals surface area contributed by atoms with Gasteiger partial charge in [-0.15, -0.1) is 0 Å². The lowest BCUT2D eigenvalue weighted by Gasteiger charge is -2.29. The fourth-order valence-corrected chi connectivity index (χ4v) is 3.88. The van der Waals surface area contributed by atoms with Crippen LogP contribution in [0.4, 0.5) is 5.69 Å². The highest BCUT2D eigenvalue weighted by Crippen LogP contribution is 2.30. The smallest absolute Gasteiger partial charge is 0.0717 e. The summed E-state index contributed by atoms with van der Waals surface area (Å²) in [4.78, 5) is 2.37. The van der Waals surface area contributed by atoms with Crippen molar-refractivity contribution >= 4 is 5.69 Å². The number of rotatable bonds is 4. The van der Waals surface area contributed by atoms with Crippen LogP contribution in [0.15, 0.2) is 24.3 Å². The second kappa shape index (κ2) is 6.80. The van der Waals surface area contributed by atoms with Crippen LogP contribution < -0.4 is 10.2 Å². The second-order valence-electron chi connectivity index (χ2n) is 6.86. The maximum atomic E-state index is 10.5. The molecule has 0 aromatic heterocycles. The molecule has 0 amide bonds. The maximum absolute atomic E-state index is 10.5. The van der Waals surface area contributed by atoms with Gasteiger partial charge in [-0.3, -0.25) is 0 Å². The summed E-state index contributed by atoms with van der Waals surface area (Å²) in [5.41, 5.74) is 2.63. The third-order valence-corrected chi connectivity index (χ3v) is 4.98. The van der Waals surface area contributed by atoms with Gasteiger partial charge in [0.25, 0.3) is 0 Å². The Labute approximate surface area is 128 Å². The molecule has 1 aromatic carbocycles. The third-order valence-electron chi connectivity index (χ3n) is 4.98. The second-order valence-corrected chi connectivity index (χ2v) is 6.86. The normalized spacial score (nSPS) is 24.7. The Kier molecular flexibility index (Phi) is 4.81. The van der Waals surface area contributed by atoms with E-state index < -0.39 is 0 Å². The predicted octanol–water partition coefficient (Wildman–Crippen LogP) is 2.93. The van der Waals surface area contributed by atoms with Gasteiger partial charge in [-0.1, -0.05) is 43.9 Å². The number of nitrogens with one attached hydrogen (secondary N) is 1. The van der Waals surface area contributed by atoms with Crippen LogP contribution in [0.5, 0.6) is 0 Å². The maximum Gasteiger partial charge on any atom is 0.0717 e. The summed E-state index contributed by atoms with van der Waals surface area (Å²) in [6, 6.07) is 9.04. The summed E-state index contributed by atoms with van der Waals surface area (Å²) in [6.45, 7) is 4.88. The molecule has 1 aromatic rings. The first-order valence-corrected chi connectivity index (χ1v) is 8.46. The molecular formula is C18H28N2O. The van der Waals surface area contributed by atoms with Crippen LogP contribution in [0.25, 0.3) is 0 Å². The Morgan fingerprint density at radius 2 is 2.05 bits per heavy atom. The quantitative estimate of drug-likeness (QED) is 0.894. The number of nitrogens with zero attached hydrogens (tertiary/aromatic N) is 1. The summed E-state index contributed by atoms with van der Waals surface area (Å²) < 4.78 is 0. The van der Waals surface area contributed by atoms with Crippen LogP contribution in [-0.4, -0.2) is 30.3 Å². The first-order chi connectivity index (χ1) is 10.2. The SMILES string of the molecule is CC1CN(CC(O)CC2CCCC2)c2ccccc2CN1. The van der Waals surface area contributed by atoms with Gasteiger partial charge in [-0.05, 0) is 30.9 Å². The van der Waals surface area contributed by atoms with E-state index in [-0.39, 0.29) is 6.10 Å². The summed E-state index contributed by atoms with van der Waals surface area (Å²) in [5.74, 6) is 0.748. The Morgan fingerprint density at radius 1 is 1.29 bits per heavy atom. The van der Waals surface area contributed by atoms with E-state index in [0.717, 1.165) is 32.0 Å². The highest BCUT2D eigenvalue weighted by molar-refractivity contribution is 5.54. The summed E-state index contributed by atoms with van der Waals surface area (Å²) >= 11 is 0. The fraction of sp³-hybridized carbons (Fsp3) is 0.667. The molecule has 3 heteroatoms. The summed E-state index contributed by atoms with van der Waals surface area (Å²) in [6.07, 6.45) is 6.10. The Bertz CT molecular complexity index is 456. The van der Waals surface area contributed by atoms with Gasteiger partial charge < -0.3 is 15.3 Å². The van der Waals surface area contributed by atoms with Gasteiger partial charge in [0.1, 0.15) is 0 Å². The Balaban J connectivity index is 1.67. The fourth-order valence-electron chi connectivity index (χ4n) is 3.88. The molecule has 1 heterocycles. The van der Waals surface area contributed by atoms with Crippen molar-refractivity contribution in [3.05, 3.63) is 29.8 Å². The van der Waals surface area contributed by atoms with E-state index in [1.165, 1.54) is 36.9 Å². The topological polar surface area (TPSA) is 35.5 Å². The van der Waals surface area contributed by atoms with E-state index in [2.05, 4.69) is 41.4 Å². The molecule has 1 aliphatic heterocycles. The number of β-amino-alcohol motifs (C(OH)–C–C–N with tert-alkyl or cyclic N) is 1. The zero-order chi connectivity index (χ0) is 14.7. The van der Waals surface area contributed by atoms with Crippen molar-refractivity contribution < 1.29 is 5.11 Å². The highest BCUT2D eigenvalue weighted by Gasteiger charge is 2.23. The molecule has 21 heavy (non-hydrogen) atoms. The number of anilines is 1. The van der Waals surface area contributed by atoms with Gasteiger partial charge in [0.15, 0.2) is 0 Å². The van der Waals surface area contributed by atoms with Crippen molar-refractivity contribution in [1.82, 2.24) is 5.32 Å². The van der Waals surface area contributed by atoms with Crippen molar-refractivity contribution in [3.8, 4) is 0 Å². The Morgan fingerprint density at radius 3 is 2.86 bits per heavy atom. The van der Waals surface area contributed by atoms with Gasteiger partial charge in [-0.25, -0.2) is 0 Å². The minimum absolute atomic E-state index is 0.202. The molecule has 2 atom stereocenters. The van der Waals surface area contributed by atoms with E-state index in [1.54, 1.807) is 0 Å².